The summed E-state index contributed by atoms with van der Waals surface area (Å²) in [6, 6.07) is 10.5. The van der Waals surface area contributed by atoms with Gasteiger partial charge in [0.05, 0.1) is 0 Å². The summed E-state index contributed by atoms with van der Waals surface area (Å²) < 4.78 is 4.67. The molecule has 1 aromatic carbocycles. The first-order valence-corrected chi connectivity index (χ1v) is 11.2. The highest BCUT2D eigenvalue weighted by molar-refractivity contribution is 5.93. The maximum absolute atomic E-state index is 12.7. The van der Waals surface area contributed by atoms with Crippen LogP contribution < -0.4 is 0 Å². The molecule has 2 fully saturated rings. The van der Waals surface area contributed by atoms with Crippen molar-refractivity contribution in [2.75, 3.05) is 39.3 Å². The Morgan fingerprint density at radius 1 is 1.03 bits per heavy atom. The van der Waals surface area contributed by atoms with Gasteiger partial charge in [-0.3, -0.25) is 14.5 Å². The largest absolute Gasteiger partial charge is 0.340 e. The molecule has 0 saturated carbocycles. The number of nitrogens with zero attached hydrogens (tertiary/aromatic N) is 5. The molecular weight excluding hydrogens is 394 g/mol. The molecule has 3 heterocycles. The fraction of sp³-hybridized carbons (Fsp3) is 0.565. The van der Waals surface area contributed by atoms with Crippen LogP contribution in [0.3, 0.4) is 0 Å². The molecule has 4 rings (SSSR count). The van der Waals surface area contributed by atoms with Gasteiger partial charge >= 0.3 is 0 Å². The second kappa shape index (κ2) is 10.0. The lowest BCUT2D eigenvalue weighted by molar-refractivity contribution is -0.133. The second-order valence-electron chi connectivity index (χ2n) is 8.64. The fourth-order valence-electron chi connectivity index (χ4n) is 4.54. The van der Waals surface area contributed by atoms with Crippen molar-refractivity contribution < 1.29 is 14.2 Å². The third-order valence-corrected chi connectivity index (χ3v) is 6.40. The van der Waals surface area contributed by atoms with E-state index in [0.717, 1.165) is 58.5 Å². The average Bonchev–Trinajstić information content (AvgIpc) is 3.24. The molecule has 1 aromatic heterocycles. The second-order valence-corrected chi connectivity index (χ2v) is 8.64. The van der Waals surface area contributed by atoms with Crippen LogP contribution in [0.5, 0.6) is 0 Å². The first-order valence-electron chi connectivity index (χ1n) is 11.2. The lowest BCUT2D eigenvalue weighted by Gasteiger charge is -2.36. The lowest BCUT2D eigenvalue weighted by Crippen LogP contribution is -2.48. The molecule has 8 nitrogen and oxygen atoms in total. The molecule has 0 radical (unpaired) electrons. The first-order chi connectivity index (χ1) is 15.1. The van der Waals surface area contributed by atoms with Gasteiger partial charge in [0.1, 0.15) is 5.69 Å². The van der Waals surface area contributed by atoms with Gasteiger partial charge in [0.2, 0.25) is 5.91 Å². The maximum atomic E-state index is 12.7. The molecule has 2 aliphatic heterocycles. The van der Waals surface area contributed by atoms with E-state index in [1.165, 1.54) is 5.56 Å². The van der Waals surface area contributed by atoms with Gasteiger partial charge in [-0.1, -0.05) is 35.5 Å². The van der Waals surface area contributed by atoms with E-state index < -0.39 is 0 Å². The summed E-state index contributed by atoms with van der Waals surface area (Å²) in [5.41, 5.74) is 2.13. The molecule has 8 heteroatoms. The minimum absolute atomic E-state index is 0.121. The Labute approximate surface area is 183 Å². The number of rotatable bonds is 6. The Morgan fingerprint density at radius 2 is 1.81 bits per heavy atom. The molecule has 2 amide bonds. The molecule has 2 saturated heterocycles. The van der Waals surface area contributed by atoms with Crippen LogP contribution in [0.2, 0.25) is 0 Å². The Bertz CT molecular complexity index is 876. The zero-order valence-electron chi connectivity index (χ0n) is 18.2. The number of piperazine rings is 1. The molecule has 0 aliphatic carbocycles. The monoisotopic (exact) mass is 425 g/mol. The third-order valence-electron chi connectivity index (χ3n) is 6.40. The minimum Gasteiger partial charge on any atom is -0.340 e. The molecule has 0 unspecified atom stereocenters. The fourth-order valence-corrected chi connectivity index (χ4v) is 4.54. The van der Waals surface area contributed by atoms with Gasteiger partial charge in [-0.2, -0.15) is 0 Å². The van der Waals surface area contributed by atoms with Gasteiger partial charge in [-0.15, -0.1) is 0 Å². The number of likely N-dealkylation sites (tertiary alicyclic amines) is 1. The number of carbonyl (C=O) groups excluding carboxylic acids is 2. The Balaban J connectivity index is 1.20. The number of aryl methyl sites for hydroxylation is 1. The number of piperidine rings is 1. The highest BCUT2D eigenvalue weighted by Crippen LogP contribution is 2.23. The summed E-state index contributed by atoms with van der Waals surface area (Å²) in [5, 5.41) is 7.45. The SMILES string of the molecule is Cc1nonc1C(=O)N1CCC[C@@H](CCC(=O)N2CCN(Cc3ccccc3)CC2)C1. The topological polar surface area (TPSA) is 82.8 Å². The van der Waals surface area contributed by atoms with Crippen molar-refractivity contribution in [2.45, 2.75) is 39.2 Å². The van der Waals surface area contributed by atoms with Gasteiger partial charge in [0.25, 0.3) is 5.91 Å². The van der Waals surface area contributed by atoms with E-state index in [0.29, 0.717) is 30.3 Å². The summed E-state index contributed by atoms with van der Waals surface area (Å²) in [5.74, 6) is 0.463. The Morgan fingerprint density at radius 3 is 2.52 bits per heavy atom. The van der Waals surface area contributed by atoms with Gasteiger partial charge in [0.15, 0.2) is 5.69 Å². The Kier molecular flexibility index (Phi) is 6.96. The molecule has 0 spiro atoms. The molecule has 2 aromatic rings. The van der Waals surface area contributed by atoms with Gasteiger partial charge in [-0.05, 0) is 42.8 Å². The number of amides is 2. The van der Waals surface area contributed by atoms with Crippen LogP contribution >= 0.6 is 0 Å². The molecule has 166 valence electrons. The van der Waals surface area contributed by atoms with Crippen LogP contribution in [0.4, 0.5) is 0 Å². The van der Waals surface area contributed by atoms with Gasteiger partial charge < -0.3 is 9.80 Å². The molecule has 2 aliphatic rings. The van der Waals surface area contributed by atoms with E-state index in [1.807, 2.05) is 15.9 Å². The van der Waals surface area contributed by atoms with E-state index in [4.69, 9.17) is 0 Å². The van der Waals surface area contributed by atoms with Crippen LogP contribution in [0.25, 0.3) is 0 Å². The maximum Gasteiger partial charge on any atom is 0.278 e. The van der Waals surface area contributed by atoms with Crippen molar-refractivity contribution in [1.82, 2.24) is 25.0 Å². The third kappa shape index (κ3) is 5.50. The van der Waals surface area contributed by atoms with Gasteiger partial charge in [-0.25, -0.2) is 4.63 Å². The van der Waals surface area contributed by atoms with E-state index >= 15 is 0 Å². The highest BCUT2D eigenvalue weighted by atomic mass is 16.6. The lowest BCUT2D eigenvalue weighted by atomic mass is 9.93. The summed E-state index contributed by atoms with van der Waals surface area (Å²) >= 11 is 0. The van der Waals surface area contributed by atoms with Crippen LogP contribution in [-0.4, -0.2) is 76.1 Å². The summed E-state index contributed by atoms with van der Waals surface area (Å²) in [4.78, 5) is 31.6. The van der Waals surface area contributed by atoms with Crippen molar-refractivity contribution in [1.29, 1.82) is 0 Å². The Hall–Kier alpha value is -2.74. The predicted molar refractivity (Wildman–Crippen MR) is 115 cm³/mol. The van der Waals surface area contributed by atoms with Gasteiger partial charge in [0, 0.05) is 52.2 Å². The van der Waals surface area contributed by atoms with Crippen molar-refractivity contribution >= 4 is 11.8 Å². The number of aromatic nitrogens is 2. The summed E-state index contributed by atoms with van der Waals surface area (Å²) in [6.45, 7) is 7.47. The van der Waals surface area contributed by atoms with E-state index in [1.54, 1.807) is 6.92 Å². The molecule has 0 N–H and O–H groups in total. The number of carbonyl (C=O) groups is 2. The van der Waals surface area contributed by atoms with Crippen LogP contribution in [0.15, 0.2) is 35.0 Å². The van der Waals surface area contributed by atoms with Crippen molar-refractivity contribution in [2.24, 2.45) is 5.92 Å². The quantitative estimate of drug-likeness (QED) is 0.707. The van der Waals surface area contributed by atoms with Crippen molar-refractivity contribution in [3.8, 4) is 0 Å². The molecule has 0 bridgehead atoms. The molecular formula is C23H31N5O3. The number of benzene rings is 1. The zero-order chi connectivity index (χ0) is 21.6. The average molecular weight is 426 g/mol. The van der Waals surface area contributed by atoms with E-state index in [9.17, 15) is 9.59 Å². The summed E-state index contributed by atoms with van der Waals surface area (Å²) in [6.07, 6.45) is 3.38. The van der Waals surface area contributed by atoms with Crippen LogP contribution in [0.1, 0.15) is 47.4 Å². The summed E-state index contributed by atoms with van der Waals surface area (Å²) in [7, 11) is 0. The smallest absolute Gasteiger partial charge is 0.278 e. The minimum atomic E-state index is -0.121. The standard InChI is InChI=1S/C23H31N5O3/c1-18-22(25-31-24-18)23(30)28-11-5-8-20(17-28)9-10-21(29)27-14-12-26(13-15-27)16-19-6-3-2-4-7-19/h2-4,6-7,20H,5,8-17H2,1H3/t20-/m0/s1. The molecule has 1 atom stereocenters. The van der Waals surface area contributed by atoms with E-state index in [-0.39, 0.29) is 11.8 Å². The first kappa shape index (κ1) is 21.5. The van der Waals surface area contributed by atoms with E-state index in [2.05, 4.69) is 44.1 Å². The van der Waals surface area contributed by atoms with Crippen LogP contribution in [-0.2, 0) is 11.3 Å². The van der Waals surface area contributed by atoms with Crippen molar-refractivity contribution in [3.05, 3.63) is 47.3 Å². The molecule has 31 heavy (non-hydrogen) atoms. The zero-order valence-corrected chi connectivity index (χ0v) is 18.2. The predicted octanol–water partition coefficient (Wildman–Crippen LogP) is 2.35. The highest BCUT2D eigenvalue weighted by Gasteiger charge is 2.29. The number of hydrogen-bond acceptors (Lipinski definition) is 6. The van der Waals surface area contributed by atoms with Crippen molar-refractivity contribution in [3.63, 3.8) is 0 Å². The van der Waals surface area contributed by atoms with Crippen LogP contribution in [0, 0.1) is 12.8 Å². The number of hydrogen-bond donors (Lipinski definition) is 0. The normalized spacial score (nSPS) is 20.1.